The average molecular weight is 281 g/mol. The summed E-state index contributed by atoms with van der Waals surface area (Å²) in [5.41, 5.74) is 0. The van der Waals surface area contributed by atoms with E-state index in [2.05, 4.69) is 4.74 Å². The fraction of sp³-hybridized carbons (Fsp3) is 0.900. The van der Waals surface area contributed by atoms with Gasteiger partial charge in [-0.25, -0.2) is 13.2 Å². The largest absolute Gasteiger partial charge is 0.467 e. The van der Waals surface area contributed by atoms with Gasteiger partial charge in [0.05, 0.1) is 26.0 Å². The van der Waals surface area contributed by atoms with Gasteiger partial charge in [0.25, 0.3) is 0 Å². The van der Waals surface area contributed by atoms with Gasteiger partial charge in [0.15, 0.2) is 6.10 Å². The first-order valence-corrected chi connectivity index (χ1v) is 7.28. The molecule has 7 nitrogen and oxygen atoms in total. The Balaban J connectivity index is 2.57. The number of rotatable bonds is 6. The number of carbonyl (C=O) groups excluding carboxylic acids is 1. The molecule has 1 saturated heterocycles. The Morgan fingerprint density at radius 1 is 1.44 bits per heavy atom. The number of hydrogen-bond donors (Lipinski definition) is 0. The fourth-order valence-electron chi connectivity index (χ4n) is 1.67. The Morgan fingerprint density at radius 3 is 2.78 bits per heavy atom. The van der Waals surface area contributed by atoms with E-state index in [0.29, 0.717) is 13.0 Å². The SMILES string of the molecule is COCCCS(=O)(=O)N1CCOC(C(=O)OC)C1. The molecular weight excluding hydrogens is 262 g/mol. The quantitative estimate of drug-likeness (QED) is 0.469. The minimum Gasteiger partial charge on any atom is -0.467 e. The van der Waals surface area contributed by atoms with Gasteiger partial charge < -0.3 is 14.2 Å². The predicted molar refractivity (Wildman–Crippen MR) is 63.6 cm³/mol. The van der Waals surface area contributed by atoms with E-state index < -0.39 is 22.1 Å². The first-order valence-electron chi connectivity index (χ1n) is 5.67. The zero-order chi connectivity index (χ0) is 13.6. The highest BCUT2D eigenvalue weighted by molar-refractivity contribution is 7.89. The van der Waals surface area contributed by atoms with Gasteiger partial charge in [0.2, 0.25) is 10.0 Å². The fourth-order valence-corrected chi connectivity index (χ4v) is 3.12. The molecule has 8 heteroatoms. The van der Waals surface area contributed by atoms with Crippen molar-refractivity contribution < 1.29 is 27.4 Å². The predicted octanol–water partition coefficient (Wildman–Crippen LogP) is -0.773. The summed E-state index contributed by atoms with van der Waals surface area (Å²) in [6, 6.07) is 0. The maximum atomic E-state index is 12.0. The molecule has 0 N–H and O–H groups in total. The molecule has 18 heavy (non-hydrogen) atoms. The molecule has 0 radical (unpaired) electrons. The second-order valence-electron chi connectivity index (χ2n) is 3.90. The zero-order valence-corrected chi connectivity index (χ0v) is 11.4. The Hall–Kier alpha value is -0.700. The zero-order valence-electron chi connectivity index (χ0n) is 10.6. The van der Waals surface area contributed by atoms with Crippen LogP contribution in [-0.2, 0) is 29.0 Å². The molecule has 0 aromatic heterocycles. The van der Waals surface area contributed by atoms with Crippen LogP contribution in [0.4, 0.5) is 0 Å². The van der Waals surface area contributed by atoms with Crippen molar-refractivity contribution in [1.82, 2.24) is 4.31 Å². The average Bonchev–Trinajstić information content (AvgIpc) is 2.38. The summed E-state index contributed by atoms with van der Waals surface area (Å²) in [7, 11) is -0.594. The molecular formula is C10H19NO6S. The lowest BCUT2D eigenvalue weighted by molar-refractivity contribution is -0.157. The van der Waals surface area contributed by atoms with E-state index in [-0.39, 0.29) is 25.4 Å². The van der Waals surface area contributed by atoms with Gasteiger partial charge in [-0.1, -0.05) is 0 Å². The first-order chi connectivity index (χ1) is 8.51. The molecule has 0 aliphatic carbocycles. The molecule has 106 valence electrons. The second-order valence-corrected chi connectivity index (χ2v) is 5.99. The van der Waals surface area contributed by atoms with Crippen LogP contribution in [0.1, 0.15) is 6.42 Å². The van der Waals surface area contributed by atoms with Crippen LogP contribution in [-0.4, -0.2) is 71.1 Å². The van der Waals surface area contributed by atoms with E-state index in [9.17, 15) is 13.2 Å². The van der Waals surface area contributed by atoms with Crippen LogP contribution in [0, 0.1) is 0 Å². The highest BCUT2D eigenvalue weighted by Crippen LogP contribution is 2.12. The maximum absolute atomic E-state index is 12.0. The standard InChI is InChI=1S/C10H19NO6S/c1-15-5-3-7-18(13,14)11-4-6-17-9(8-11)10(12)16-2/h9H,3-8H2,1-2H3. The lowest BCUT2D eigenvalue weighted by atomic mass is 10.3. The van der Waals surface area contributed by atoms with E-state index >= 15 is 0 Å². The topological polar surface area (TPSA) is 82.1 Å². The van der Waals surface area contributed by atoms with Gasteiger partial charge in [-0.05, 0) is 6.42 Å². The van der Waals surface area contributed by atoms with Crippen molar-refractivity contribution in [1.29, 1.82) is 0 Å². The van der Waals surface area contributed by atoms with Crippen molar-refractivity contribution in [2.24, 2.45) is 0 Å². The number of carbonyl (C=O) groups is 1. The number of esters is 1. The summed E-state index contributed by atoms with van der Waals surface area (Å²) in [4.78, 5) is 11.3. The third kappa shape index (κ3) is 4.20. The molecule has 0 aromatic carbocycles. The summed E-state index contributed by atoms with van der Waals surface area (Å²) in [6.45, 7) is 0.873. The van der Waals surface area contributed by atoms with Gasteiger partial charge in [0, 0.05) is 20.3 Å². The molecule has 1 aliphatic rings. The second kappa shape index (κ2) is 7.03. The number of nitrogens with zero attached hydrogens (tertiary/aromatic N) is 1. The molecule has 0 aromatic rings. The highest BCUT2D eigenvalue weighted by Gasteiger charge is 2.33. The molecule has 1 heterocycles. The van der Waals surface area contributed by atoms with E-state index in [1.165, 1.54) is 18.5 Å². The van der Waals surface area contributed by atoms with E-state index in [1.54, 1.807) is 0 Å². The molecule has 0 saturated carbocycles. The molecule has 1 atom stereocenters. The summed E-state index contributed by atoms with van der Waals surface area (Å²) < 4.78 is 39.8. The number of morpholine rings is 1. The van der Waals surface area contributed by atoms with Crippen molar-refractivity contribution in [2.75, 3.05) is 46.3 Å². The molecule has 1 unspecified atom stereocenters. The summed E-state index contributed by atoms with van der Waals surface area (Å²) in [5, 5.41) is 0. The van der Waals surface area contributed by atoms with Crippen molar-refractivity contribution in [3.05, 3.63) is 0 Å². The summed E-state index contributed by atoms with van der Waals surface area (Å²) in [5.74, 6) is -0.541. The van der Waals surface area contributed by atoms with Crippen LogP contribution in [0.25, 0.3) is 0 Å². The molecule has 1 rings (SSSR count). The third-order valence-corrected chi connectivity index (χ3v) is 4.56. The van der Waals surface area contributed by atoms with Crippen LogP contribution >= 0.6 is 0 Å². The van der Waals surface area contributed by atoms with Crippen LogP contribution in [0.3, 0.4) is 0 Å². The number of ether oxygens (including phenoxy) is 3. The van der Waals surface area contributed by atoms with Gasteiger partial charge in [0.1, 0.15) is 0 Å². The maximum Gasteiger partial charge on any atom is 0.336 e. The Labute approximate surface area is 107 Å². The smallest absolute Gasteiger partial charge is 0.336 e. The first kappa shape index (κ1) is 15.4. The summed E-state index contributed by atoms with van der Waals surface area (Å²) >= 11 is 0. The molecule has 0 spiro atoms. The minimum absolute atomic E-state index is 0.00866. The highest BCUT2D eigenvalue weighted by atomic mass is 32.2. The molecule has 0 bridgehead atoms. The van der Waals surface area contributed by atoms with Crippen molar-refractivity contribution >= 4 is 16.0 Å². The van der Waals surface area contributed by atoms with Crippen LogP contribution in [0.15, 0.2) is 0 Å². The van der Waals surface area contributed by atoms with E-state index in [1.807, 2.05) is 0 Å². The number of sulfonamides is 1. The Morgan fingerprint density at radius 2 is 2.17 bits per heavy atom. The third-order valence-electron chi connectivity index (χ3n) is 2.64. The van der Waals surface area contributed by atoms with E-state index in [4.69, 9.17) is 9.47 Å². The monoisotopic (exact) mass is 281 g/mol. The van der Waals surface area contributed by atoms with Crippen molar-refractivity contribution in [3.63, 3.8) is 0 Å². The number of hydrogen-bond acceptors (Lipinski definition) is 6. The molecule has 1 aliphatic heterocycles. The normalized spacial score (nSPS) is 21.8. The molecule has 0 amide bonds. The lowest BCUT2D eigenvalue weighted by Crippen LogP contribution is -2.49. The minimum atomic E-state index is -3.36. The van der Waals surface area contributed by atoms with Gasteiger partial charge in [-0.2, -0.15) is 4.31 Å². The molecule has 1 fully saturated rings. The van der Waals surface area contributed by atoms with Gasteiger partial charge >= 0.3 is 5.97 Å². The van der Waals surface area contributed by atoms with Crippen LogP contribution < -0.4 is 0 Å². The van der Waals surface area contributed by atoms with Crippen molar-refractivity contribution in [2.45, 2.75) is 12.5 Å². The number of methoxy groups -OCH3 is 2. The summed E-state index contributed by atoms with van der Waals surface area (Å²) in [6.07, 6.45) is -0.403. The van der Waals surface area contributed by atoms with Crippen molar-refractivity contribution in [3.8, 4) is 0 Å². The Kier molecular flexibility index (Phi) is 6.00. The van der Waals surface area contributed by atoms with E-state index in [0.717, 1.165) is 0 Å². The van der Waals surface area contributed by atoms with Crippen LogP contribution in [0.5, 0.6) is 0 Å². The van der Waals surface area contributed by atoms with Gasteiger partial charge in [-0.15, -0.1) is 0 Å². The lowest BCUT2D eigenvalue weighted by Gasteiger charge is -2.30. The Bertz CT molecular complexity index is 369. The van der Waals surface area contributed by atoms with Crippen LogP contribution in [0.2, 0.25) is 0 Å². The van der Waals surface area contributed by atoms with Gasteiger partial charge in [-0.3, -0.25) is 0 Å².